The van der Waals surface area contributed by atoms with E-state index in [1.165, 1.54) is 5.56 Å². The summed E-state index contributed by atoms with van der Waals surface area (Å²) in [6.45, 7) is 2.07. The highest BCUT2D eigenvalue weighted by Crippen LogP contribution is 2.20. The van der Waals surface area contributed by atoms with Crippen LogP contribution in [0.2, 0.25) is 0 Å². The average molecular weight is 229 g/mol. The number of hydrogen-bond donors (Lipinski definition) is 2. The lowest BCUT2D eigenvalue weighted by molar-refractivity contribution is 0.555. The lowest BCUT2D eigenvalue weighted by atomic mass is 10.1. The number of nitrogens with one attached hydrogen (secondary N) is 1. The van der Waals surface area contributed by atoms with Crippen molar-refractivity contribution >= 4 is 15.9 Å². The number of alkyl halides is 1. The van der Waals surface area contributed by atoms with E-state index in [4.69, 9.17) is 5.84 Å². The molecule has 0 saturated carbocycles. The molecule has 0 bridgehead atoms. The van der Waals surface area contributed by atoms with Crippen molar-refractivity contribution < 1.29 is 0 Å². The minimum Gasteiger partial charge on any atom is -0.271 e. The van der Waals surface area contributed by atoms with Gasteiger partial charge in [0.25, 0.3) is 0 Å². The fourth-order valence-electron chi connectivity index (χ4n) is 1.15. The third-order valence-corrected chi connectivity index (χ3v) is 2.33. The van der Waals surface area contributed by atoms with Crippen molar-refractivity contribution in [2.24, 2.45) is 5.84 Å². The molecule has 2 atom stereocenters. The molecule has 1 aromatic carbocycles. The van der Waals surface area contributed by atoms with Crippen LogP contribution in [0.1, 0.15) is 18.5 Å². The minimum atomic E-state index is 0.172. The molecule has 3 heteroatoms. The summed E-state index contributed by atoms with van der Waals surface area (Å²) in [7, 11) is 0. The van der Waals surface area contributed by atoms with E-state index in [-0.39, 0.29) is 6.04 Å². The van der Waals surface area contributed by atoms with E-state index >= 15 is 0 Å². The Morgan fingerprint density at radius 2 is 1.92 bits per heavy atom. The molecule has 0 radical (unpaired) electrons. The van der Waals surface area contributed by atoms with Gasteiger partial charge in [0, 0.05) is 4.83 Å². The van der Waals surface area contributed by atoms with Crippen molar-refractivity contribution in [2.45, 2.75) is 17.8 Å². The van der Waals surface area contributed by atoms with E-state index in [2.05, 4.69) is 40.4 Å². The summed E-state index contributed by atoms with van der Waals surface area (Å²) in [5.41, 5.74) is 3.97. The SMILES string of the molecule is CC(Br)C(NN)c1ccccc1. The molecule has 0 amide bonds. The molecule has 1 aromatic rings. The zero-order chi connectivity index (χ0) is 8.97. The first-order valence-electron chi connectivity index (χ1n) is 3.91. The van der Waals surface area contributed by atoms with Gasteiger partial charge in [0.05, 0.1) is 6.04 Å². The molecule has 0 saturated heterocycles. The van der Waals surface area contributed by atoms with Gasteiger partial charge >= 0.3 is 0 Å². The fourth-order valence-corrected chi connectivity index (χ4v) is 1.61. The molecule has 2 unspecified atom stereocenters. The van der Waals surface area contributed by atoms with Gasteiger partial charge in [-0.05, 0) is 5.56 Å². The summed E-state index contributed by atoms with van der Waals surface area (Å²) in [4.78, 5) is 0.324. The summed E-state index contributed by atoms with van der Waals surface area (Å²) in [5, 5.41) is 0. The van der Waals surface area contributed by atoms with Crippen LogP contribution in [0.15, 0.2) is 30.3 Å². The standard InChI is InChI=1S/C9H13BrN2/c1-7(10)9(12-11)8-5-3-2-4-6-8/h2-7,9,12H,11H2,1H3. The molecular formula is C9H13BrN2. The predicted molar refractivity (Wildman–Crippen MR) is 54.9 cm³/mol. The number of halogens is 1. The number of nitrogens with two attached hydrogens (primary N) is 1. The van der Waals surface area contributed by atoms with Gasteiger partial charge in [0.2, 0.25) is 0 Å². The molecule has 12 heavy (non-hydrogen) atoms. The van der Waals surface area contributed by atoms with Crippen LogP contribution < -0.4 is 11.3 Å². The van der Waals surface area contributed by atoms with Crippen LogP contribution in [-0.4, -0.2) is 4.83 Å². The Kier molecular flexibility index (Phi) is 3.72. The summed E-state index contributed by atoms with van der Waals surface area (Å²) in [6, 6.07) is 10.3. The summed E-state index contributed by atoms with van der Waals surface area (Å²) in [5.74, 6) is 5.43. The highest BCUT2D eigenvalue weighted by molar-refractivity contribution is 9.09. The van der Waals surface area contributed by atoms with Crippen LogP contribution >= 0.6 is 15.9 Å². The molecule has 0 aliphatic carbocycles. The molecular weight excluding hydrogens is 216 g/mol. The van der Waals surface area contributed by atoms with Gasteiger partial charge in [-0.3, -0.25) is 11.3 Å². The Morgan fingerprint density at radius 1 is 1.33 bits per heavy atom. The maximum absolute atomic E-state index is 5.43. The van der Waals surface area contributed by atoms with Gasteiger partial charge in [0.1, 0.15) is 0 Å². The van der Waals surface area contributed by atoms with E-state index in [1.54, 1.807) is 0 Å². The van der Waals surface area contributed by atoms with Gasteiger partial charge in [-0.15, -0.1) is 0 Å². The summed E-state index contributed by atoms with van der Waals surface area (Å²) >= 11 is 3.50. The Morgan fingerprint density at radius 3 is 2.33 bits per heavy atom. The first kappa shape index (κ1) is 9.71. The first-order chi connectivity index (χ1) is 5.75. The van der Waals surface area contributed by atoms with Crippen LogP contribution in [0.3, 0.4) is 0 Å². The summed E-state index contributed by atoms with van der Waals surface area (Å²) < 4.78 is 0. The van der Waals surface area contributed by atoms with Gasteiger partial charge in [-0.2, -0.15) is 0 Å². The van der Waals surface area contributed by atoms with Crippen molar-refractivity contribution in [1.29, 1.82) is 0 Å². The molecule has 0 aliphatic heterocycles. The van der Waals surface area contributed by atoms with E-state index in [0.29, 0.717) is 4.83 Å². The number of rotatable bonds is 3. The van der Waals surface area contributed by atoms with Crippen molar-refractivity contribution in [3.8, 4) is 0 Å². The lowest BCUT2D eigenvalue weighted by Gasteiger charge is -2.18. The minimum absolute atomic E-state index is 0.172. The number of hydrazine groups is 1. The topological polar surface area (TPSA) is 38.0 Å². The first-order valence-corrected chi connectivity index (χ1v) is 4.82. The lowest BCUT2D eigenvalue weighted by Crippen LogP contribution is -2.32. The van der Waals surface area contributed by atoms with Gasteiger partial charge in [0.15, 0.2) is 0 Å². The fraction of sp³-hybridized carbons (Fsp3) is 0.333. The van der Waals surface area contributed by atoms with E-state index in [9.17, 15) is 0 Å². The highest BCUT2D eigenvalue weighted by Gasteiger charge is 2.13. The quantitative estimate of drug-likeness (QED) is 0.472. The molecule has 0 spiro atoms. The zero-order valence-electron chi connectivity index (χ0n) is 7.00. The Labute approximate surface area is 81.3 Å². The Hall–Kier alpha value is -0.380. The third kappa shape index (κ3) is 2.30. The smallest absolute Gasteiger partial charge is 0.0582 e. The molecule has 1 rings (SSSR count). The molecule has 66 valence electrons. The van der Waals surface area contributed by atoms with Crippen molar-refractivity contribution in [2.75, 3.05) is 0 Å². The van der Waals surface area contributed by atoms with Crippen LogP contribution in [-0.2, 0) is 0 Å². The van der Waals surface area contributed by atoms with Crippen molar-refractivity contribution in [3.05, 3.63) is 35.9 Å². The molecule has 2 nitrogen and oxygen atoms in total. The van der Waals surface area contributed by atoms with Gasteiger partial charge < -0.3 is 0 Å². The van der Waals surface area contributed by atoms with Crippen LogP contribution in [0, 0.1) is 0 Å². The van der Waals surface area contributed by atoms with Gasteiger partial charge in [-0.1, -0.05) is 53.2 Å². The van der Waals surface area contributed by atoms with Gasteiger partial charge in [-0.25, -0.2) is 0 Å². The molecule has 0 heterocycles. The third-order valence-electron chi connectivity index (χ3n) is 1.80. The Balaban J connectivity index is 2.80. The maximum atomic E-state index is 5.43. The van der Waals surface area contributed by atoms with E-state index < -0.39 is 0 Å². The second-order valence-electron chi connectivity index (χ2n) is 2.73. The maximum Gasteiger partial charge on any atom is 0.0582 e. The second-order valence-corrected chi connectivity index (χ2v) is 4.18. The molecule has 0 fully saturated rings. The molecule has 0 aromatic heterocycles. The molecule has 3 N–H and O–H groups in total. The number of benzene rings is 1. The van der Waals surface area contributed by atoms with Crippen LogP contribution in [0.25, 0.3) is 0 Å². The normalized spacial score (nSPS) is 15.6. The van der Waals surface area contributed by atoms with E-state index in [0.717, 1.165) is 0 Å². The predicted octanol–water partition coefficient (Wildman–Crippen LogP) is 1.97. The monoisotopic (exact) mass is 228 g/mol. The van der Waals surface area contributed by atoms with Crippen LogP contribution in [0.4, 0.5) is 0 Å². The second kappa shape index (κ2) is 4.60. The highest BCUT2D eigenvalue weighted by atomic mass is 79.9. The van der Waals surface area contributed by atoms with Crippen molar-refractivity contribution in [1.82, 2.24) is 5.43 Å². The zero-order valence-corrected chi connectivity index (χ0v) is 8.58. The Bertz CT molecular complexity index is 223. The molecule has 0 aliphatic rings. The summed E-state index contributed by atoms with van der Waals surface area (Å²) in [6.07, 6.45) is 0. The largest absolute Gasteiger partial charge is 0.271 e. The number of hydrogen-bond acceptors (Lipinski definition) is 2. The average Bonchev–Trinajstić information content (AvgIpc) is 2.07. The van der Waals surface area contributed by atoms with E-state index in [1.807, 2.05) is 18.2 Å². The van der Waals surface area contributed by atoms with Crippen molar-refractivity contribution in [3.63, 3.8) is 0 Å². The van der Waals surface area contributed by atoms with Crippen LogP contribution in [0.5, 0.6) is 0 Å².